The van der Waals surface area contributed by atoms with Gasteiger partial charge in [-0.05, 0) is 51.5 Å². The topological polar surface area (TPSA) is 29.5 Å². The summed E-state index contributed by atoms with van der Waals surface area (Å²) in [6.45, 7) is 6.53. The summed E-state index contributed by atoms with van der Waals surface area (Å²) >= 11 is 5.89. The maximum atomic E-state index is 12.1. The molecule has 0 aliphatic heterocycles. The predicted molar refractivity (Wildman–Crippen MR) is 79.1 cm³/mol. The van der Waals surface area contributed by atoms with Gasteiger partial charge >= 0.3 is 0 Å². The van der Waals surface area contributed by atoms with E-state index in [0.29, 0.717) is 12.1 Å². The summed E-state index contributed by atoms with van der Waals surface area (Å²) in [4.78, 5) is 13.8. The van der Waals surface area contributed by atoms with Crippen molar-refractivity contribution < 1.29 is 9.53 Å². The van der Waals surface area contributed by atoms with Crippen LogP contribution >= 0.6 is 11.6 Å². The number of benzene rings is 1. The Labute approximate surface area is 120 Å². The number of hydrogen-bond donors (Lipinski definition) is 0. The summed E-state index contributed by atoms with van der Waals surface area (Å²) in [5.74, 6) is 0.789. The van der Waals surface area contributed by atoms with Crippen molar-refractivity contribution in [1.29, 1.82) is 0 Å². The normalized spacial score (nSPS) is 12.3. The van der Waals surface area contributed by atoms with Crippen LogP contribution in [0.4, 0.5) is 0 Å². The first kappa shape index (κ1) is 15.8. The molecule has 1 unspecified atom stereocenters. The maximum Gasteiger partial charge on any atom is 0.253 e. The van der Waals surface area contributed by atoms with Crippen molar-refractivity contribution in [3.63, 3.8) is 0 Å². The van der Waals surface area contributed by atoms with Crippen molar-refractivity contribution >= 4 is 17.5 Å². The molecule has 0 saturated carbocycles. The van der Waals surface area contributed by atoms with E-state index in [0.717, 1.165) is 12.2 Å². The van der Waals surface area contributed by atoms with Crippen LogP contribution in [0.3, 0.4) is 0 Å². The third kappa shape index (κ3) is 5.52. The van der Waals surface area contributed by atoms with Crippen LogP contribution in [-0.2, 0) is 0 Å². The average molecular weight is 284 g/mol. The molecule has 4 heteroatoms. The molecule has 0 N–H and O–H groups in total. The molecular weight excluding hydrogens is 262 g/mol. The van der Waals surface area contributed by atoms with Gasteiger partial charge < -0.3 is 9.64 Å². The number of hydrogen-bond acceptors (Lipinski definition) is 2. The summed E-state index contributed by atoms with van der Waals surface area (Å²) in [6.07, 6.45) is 0.924. The van der Waals surface area contributed by atoms with Crippen molar-refractivity contribution in [2.24, 2.45) is 0 Å². The largest absolute Gasteiger partial charge is 0.491 e. The number of amides is 1. The highest BCUT2D eigenvalue weighted by Gasteiger charge is 2.12. The first-order chi connectivity index (χ1) is 8.90. The first-order valence-corrected chi connectivity index (χ1v) is 7.00. The van der Waals surface area contributed by atoms with E-state index >= 15 is 0 Å². The zero-order chi connectivity index (χ0) is 14.4. The Bertz CT molecular complexity index is 401. The van der Waals surface area contributed by atoms with Crippen LogP contribution in [0.25, 0.3) is 0 Å². The molecular formula is C15H22ClNO2. The van der Waals surface area contributed by atoms with E-state index in [9.17, 15) is 4.79 Å². The van der Waals surface area contributed by atoms with Crippen LogP contribution in [0.2, 0.25) is 0 Å². The maximum absolute atomic E-state index is 12.1. The van der Waals surface area contributed by atoms with Crippen LogP contribution in [-0.4, -0.2) is 35.9 Å². The van der Waals surface area contributed by atoms with Gasteiger partial charge in [-0.2, -0.15) is 0 Å². The van der Waals surface area contributed by atoms with Gasteiger partial charge in [0.15, 0.2) is 0 Å². The number of carbonyl (C=O) groups excluding carboxylic acids is 1. The number of halogens is 1. The van der Waals surface area contributed by atoms with E-state index in [1.807, 2.05) is 32.9 Å². The van der Waals surface area contributed by atoms with Crippen LogP contribution in [0.5, 0.6) is 5.75 Å². The molecule has 1 atom stereocenters. The number of alkyl halides is 1. The summed E-state index contributed by atoms with van der Waals surface area (Å²) in [5.41, 5.74) is 0.667. The van der Waals surface area contributed by atoms with Crippen LogP contribution in [0.1, 0.15) is 37.6 Å². The highest BCUT2D eigenvalue weighted by Crippen LogP contribution is 2.15. The van der Waals surface area contributed by atoms with Gasteiger partial charge in [0.1, 0.15) is 5.75 Å². The second-order valence-corrected chi connectivity index (χ2v) is 5.73. The summed E-state index contributed by atoms with van der Waals surface area (Å²) in [6, 6.07) is 7.23. The predicted octanol–water partition coefficient (Wildman–Crippen LogP) is 3.56. The second kappa shape index (κ2) is 7.39. The summed E-state index contributed by atoms with van der Waals surface area (Å²) in [7, 11) is 1.79. The number of carbonyl (C=O) groups is 1. The SMILES string of the molecule is CC(Cl)CCN(C)C(=O)c1ccc(OC(C)C)cc1. The van der Waals surface area contributed by atoms with Gasteiger partial charge in [-0.3, -0.25) is 4.79 Å². The zero-order valence-corrected chi connectivity index (χ0v) is 12.8. The van der Waals surface area contributed by atoms with E-state index in [4.69, 9.17) is 16.3 Å². The fourth-order valence-corrected chi connectivity index (χ4v) is 1.74. The molecule has 19 heavy (non-hydrogen) atoms. The van der Waals surface area contributed by atoms with Gasteiger partial charge in [-0.15, -0.1) is 11.6 Å². The van der Waals surface area contributed by atoms with Crippen LogP contribution in [0, 0.1) is 0 Å². The Kier molecular flexibility index (Phi) is 6.16. The molecule has 0 fully saturated rings. The molecule has 1 aromatic rings. The van der Waals surface area contributed by atoms with E-state index < -0.39 is 0 Å². The third-order valence-corrected chi connectivity index (χ3v) is 2.90. The lowest BCUT2D eigenvalue weighted by Gasteiger charge is -2.18. The van der Waals surface area contributed by atoms with Crippen LogP contribution in [0.15, 0.2) is 24.3 Å². The quantitative estimate of drug-likeness (QED) is 0.747. The van der Waals surface area contributed by atoms with Gasteiger partial charge in [0.2, 0.25) is 0 Å². The molecule has 1 amide bonds. The van der Waals surface area contributed by atoms with E-state index in [2.05, 4.69) is 0 Å². The van der Waals surface area contributed by atoms with E-state index in [-0.39, 0.29) is 17.4 Å². The van der Waals surface area contributed by atoms with Gasteiger partial charge in [-0.25, -0.2) is 0 Å². The van der Waals surface area contributed by atoms with E-state index in [1.165, 1.54) is 0 Å². The number of rotatable bonds is 6. The van der Waals surface area contributed by atoms with Gasteiger partial charge in [0.05, 0.1) is 6.10 Å². The second-order valence-electron chi connectivity index (χ2n) is 4.99. The van der Waals surface area contributed by atoms with Gasteiger partial charge in [-0.1, -0.05) is 0 Å². The standard InChI is InChI=1S/C15H22ClNO2/c1-11(2)19-14-7-5-13(6-8-14)15(18)17(4)10-9-12(3)16/h5-8,11-12H,9-10H2,1-4H3. The Balaban J connectivity index is 2.61. The zero-order valence-electron chi connectivity index (χ0n) is 12.0. The molecule has 0 spiro atoms. The van der Waals surface area contributed by atoms with Gasteiger partial charge in [0, 0.05) is 24.5 Å². The van der Waals surface area contributed by atoms with Crippen molar-refractivity contribution in [3.05, 3.63) is 29.8 Å². The fraction of sp³-hybridized carbons (Fsp3) is 0.533. The molecule has 0 heterocycles. The molecule has 3 nitrogen and oxygen atoms in total. The monoisotopic (exact) mass is 283 g/mol. The Morgan fingerprint density at radius 2 is 1.84 bits per heavy atom. The molecule has 0 aliphatic carbocycles. The minimum atomic E-state index is 0.00779. The molecule has 0 radical (unpaired) electrons. The highest BCUT2D eigenvalue weighted by molar-refractivity contribution is 6.20. The minimum absolute atomic E-state index is 0.00779. The van der Waals surface area contributed by atoms with Crippen molar-refractivity contribution in [2.45, 2.75) is 38.7 Å². The number of ether oxygens (including phenoxy) is 1. The Morgan fingerprint density at radius 1 is 1.26 bits per heavy atom. The molecule has 1 rings (SSSR count). The van der Waals surface area contributed by atoms with Crippen molar-refractivity contribution in [2.75, 3.05) is 13.6 Å². The average Bonchev–Trinajstić information content (AvgIpc) is 2.35. The molecule has 1 aromatic carbocycles. The minimum Gasteiger partial charge on any atom is -0.491 e. The third-order valence-electron chi connectivity index (χ3n) is 2.68. The van der Waals surface area contributed by atoms with Crippen LogP contribution < -0.4 is 4.74 Å². The van der Waals surface area contributed by atoms with Crippen molar-refractivity contribution in [1.82, 2.24) is 4.90 Å². The summed E-state index contributed by atoms with van der Waals surface area (Å²) in [5, 5.41) is 0.0806. The van der Waals surface area contributed by atoms with Crippen molar-refractivity contribution in [3.8, 4) is 5.75 Å². The summed E-state index contributed by atoms with van der Waals surface area (Å²) < 4.78 is 5.55. The highest BCUT2D eigenvalue weighted by atomic mass is 35.5. The van der Waals surface area contributed by atoms with Gasteiger partial charge in [0.25, 0.3) is 5.91 Å². The Morgan fingerprint density at radius 3 is 2.32 bits per heavy atom. The molecule has 0 saturated heterocycles. The Hall–Kier alpha value is -1.22. The first-order valence-electron chi connectivity index (χ1n) is 6.56. The lowest BCUT2D eigenvalue weighted by Crippen LogP contribution is -2.28. The lowest BCUT2D eigenvalue weighted by molar-refractivity contribution is 0.0793. The smallest absolute Gasteiger partial charge is 0.253 e. The molecule has 0 aromatic heterocycles. The fourth-order valence-electron chi connectivity index (χ4n) is 1.64. The number of nitrogens with zero attached hydrogens (tertiary/aromatic N) is 1. The molecule has 0 bridgehead atoms. The lowest BCUT2D eigenvalue weighted by atomic mass is 10.2. The van der Waals surface area contributed by atoms with E-state index in [1.54, 1.807) is 24.1 Å². The molecule has 0 aliphatic rings. The molecule has 106 valence electrons.